The number of halogens is 3. The quantitative estimate of drug-likeness (QED) is 0.373. The van der Waals surface area contributed by atoms with E-state index in [4.69, 9.17) is 12.2 Å². The van der Waals surface area contributed by atoms with Gasteiger partial charge in [-0.25, -0.2) is 0 Å². The van der Waals surface area contributed by atoms with E-state index in [9.17, 15) is 18.0 Å². The summed E-state index contributed by atoms with van der Waals surface area (Å²) in [6.07, 6.45) is -0.784. The first-order chi connectivity index (χ1) is 15.8. The third-order valence-electron chi connectivity index (χ3n) is 4.67. The van der Waals surface area contributed by atoms with Crippen molar-refractivity contribution in [1.29, 1.82) is 0 Å². The van der Waals surface area contributed by atoms with Gasteiger partial charge in [-0.05, 0) is 79.7 Å². The fourth-order valence-electron chi connectivity index (χ4n) is 2.89. The molecule has 5 nitrogen and oxygen atoms in total. The number of nitrogens with one attached hydrogen (secondary N) is 3. The molecule has 10 heteroatoms. The maximum atomic E-state index is 12.9. The van der Waals surface area contributed by atoms with Crippen LogP contribution >= 0.6 is 24.0 Å². The Bertz CT molecular complexity index is 1160. The Hall–Kier alpha value is -3.11. The van der Waals surface area contributed by atoms with Crippen molar-refractivity contribution in [3.8, 4) is 0 Å². The molecule has 0 radical (unpaired) electrons. The monoisotopic (exact) mass is 488 g/mol. The van der Waals surface area contributed by atoms with Gasteiger partial charge < -0.3 is 16.0 Å². The lowest BCUT2D eigenvalue weighted by atomic mass is 10.2. The minimum atomic E-state index is -4.42. The van der Waals surface area contributed by atoms with Crippen molar-refractivity contribution in [3.05, 3.63) is 78.1 Å². The molecular weight excluding hydrogens is 469 g/mol. The molecule has 0 atom stereocenters. The second-order valence-electron chi connectivity index (χ2n) is 7.41. The second kappa shape index (κ2) is 9.80. The maximum absolute atomic E-state index is 12.9. The number of alkyl halides is 3. The van der Waals surface area contributed by atoms with Gasteiger partial charge in [0.2, 0.25) is 0 Å². The van der Waals surface area contributed by atoms with Gasteiger partial charge >= 0.3 is 6.18 Å². The molecule has 1 aliphatic rings. The van der Waals surface area contributed by atoms with Crippen molar-refractivity contribution in [3.63, 3.8) is 0 Å². The molecule has 4 rings (SSSR count). The van der Waals surface area contributed by atoms with Crippen molar-refractivity contribution in [2.45, 2.75) is 34.9 Å². The number of hydrogen-bond acceptors (Lipinski definition) is 4. The number of hydrogen-bond donors (Lipinski definition) is 3. The molecule has 1 saturated carbocycles. The van der Waals surface area contributed by atoms with E-state index in [0.717, 1.165) is 34.8 Å². The van der Waals surface area contributed by atoms with Crippen LogP contribution in [0.5, 0.6) is 0 Å². The summed E-state index contributed by atoms with van der Waals surface area (Å²) in [6, 6.07) is 16.1. The first kappa shape index (κ1) is 23.1. The van der Waals surface area contributed by atoms with Crippen LogP contribution in [0.3, 0.4) is 0 Å². The van der Waals surface area contributed by atoms with Crippen molar-refractivity contribution < 1.29 is 18.0 Å². The predicted octanol–water partition coefficient (Wildman–Crippen LogP) is 5.95. The molecule has 0 aliphatic heterocycles. The number of thiocarbonyl (C=S) groups is 1. The average molecular weight is 489 g/mol. The van der Waals surface area contributed by atoms with E-state index in [1.54, 1.807) is 12.3 Å². The summed E-state index contributed by atoms with van der Waals surface area (Å²) in [5.74, 6) is -0.165. The Balaban J connectivity index is 1.34. The summed E-state index contributed by atoms with van der Waals surface area (Å²) in [5, 5.41) is 8.81. The first-order valence-corrected chi connectivity index (χ1v) is 11.3. The van der Waals surface area contributed by atoms with Crippen LogP contribution in [-0.4, -0.2) is 22.0 Å². The molecule has 0 saturated heterocycles. The third kappa shape index (κ3) is 6.69. The van der Waals surface area contributed by atoms with E-state index in [-0.39, 0.29) is 22.7 Å². The number of pyridine rings is 1. The van der Waals surface area contributed by atoms with Crippen LogP contribution in [0, 0.1) is 0 Å². The van der Waals surface area contributed by atoms with E-state index in [2.05, 4.69) is 20.9 Å². The van der Waals surface area contributed by atoms with Crippen LogP contribution in [-0.2, 0) is 6.18 Å². The zero-order valence-electron chi connectivity index (χ0n) is 17.1. The van der Waals surface area contributed by atoms with Crippen LogP contribution in [0.4, 0.5) is 24.5 Å². The molecule has 2 aromatic carbocycles. The summed E-state index contributed by atoms with van der Waals surface area (Å²) in [5.41, 5.74) is 0.564. The number of amides is 1. The van der Waals surface area contributed by atoms with Crippen LogP contribution in [0.25, 0.3) is 0 Å². The molecule has 0 bridgehead atoms. The highest BCUT2D eigenvalue weighted by Gasteiger charge is 2.30. The van der Waals surface area contributed by atoms with Gasteiger partial charge in [0.1, 0.15) is 5.69 Å². The van der Waals surface area contributed by atoms with Crippen molar-refractivity contribution in [2.75, 3.05) is 10.6 Å². The molecule has 1 fully saturated rings. The lowest BCUT2D eigenvalue weighted by Crippen LogP contribution is -2.26. The molecule has 3 N–H and O–H groups in total. The van der Waals surface area contributed by atoms with E-state index in [1.165, 1.54) is 23.9 Å². The molecule has 1 amide bonds. The highest BCUT2D eigenvalue weighted by Crippen LogP contribution is 2.31. The zero-order valence-corrected chi connectivity index (χ0v) is 18.8. The maximum Gasteiger partial charge on any atom is 0.416 e. The minimum absolute atomic E-state index is 0.165. The lowest BCUT2D eigenvalue weighted by Gasteiger charge is -2.13. The van der Waals surface area contributed by atoms with Gasteiger partial charge in [-0.1, -0.05) is 17.8 Å². The van der Waals surface area contributed by atoms with Crippen LogP contribution in [0.15, 0.2) is 76.7 Å². The molecule has 0 spiro atoms. The number of nitrogens with zero attached hydrogens (tertiary/aromatic N) is 1. The Morgan fingerprint density at radius 1 is 0.970 bits per heavy atom. The number of benzene rings is 2. The average Bonchev–Trinajstić information content (AvgIpc) is 3.59. The summed E-state index contributed by atoms with van der Waals surface area (Å²) in [7, 11) is 0. The Kier molecular flexibility index (Phi) is 6.85. The molecular formula is C23H19F3N4OS2. The number of carbonyl (C=O) groups is 1. The summed E-state index contributed by atoms with van der Waals surface area (Å²) in [4.78, 5) is 18.1. The van der Waals surface area contributed by atoms with E-state index < -0.39 is 11.7 Å². The summed E-state index contributed by atoms with van der Waals surface area (Å²) >= 11 is 6.70. The number of aromatic nitrogens is 1. The van der Waals surface area contributed by atoms with Crippen molar-refractivity contribution >= 4 is 46.4 Å². The van der Waals surface area contributed by atoms with E-state index in [1.807, 2.05) is 30.3 Å². The zero-order chi connectivity index (χ0) is 23.4. The van der Waals surface area contributed by atoms with Gasteiger partial charge in [0.05, 0.1) is 5.56 Å². The molecule has 1 heterocycles. The van der Waals surface area contributed by atoms with Gasteiger partial charge in [-0.2, -0.15) is 13.2 Å². The molecule has 0 unspecified atom stereocenters. The smallest absolute Gasteiger partial charge is 0.348 e. The van der Waals surface area contributed by atoms with Crippen molar-refractivity contribution in [1.82, 2.24) is 10.3 Å². The third-order valence-corrected chi connectivity index (χ3v) is 5.87. The standard InChI is InChI=1S/C23H19F3N4OS2/c24-23(25,26)14-2-1-3-17(12-14)30-22(32)29-16-6-8-18(9-7-16)33-19-10-11-27-20(13-19)21(31)28-15-4-5-15/h1-3,6-13,15H,4-5H2,(H,28,31)(H2,29,30,32). The largest absolute Gasteiger partial charge is 0.416 e. The van der Waals surface area contributed by atoms with Gasteiger partial charge in [0.25, 0.3) is 5.91 Å². The molecule has 1 aromatic heterocycles. The van der Waals surface area contributed by atoms with Crippen molar-refractivity contribution in [2.24, 2.45) is 0 Å². The second-order valence-corrected chi connectivity index (χ2v) is 8.96. The van der Waals surface area contributed by atoms with E-state index >= 15 is 0 Å². The lowest BCUT2D eigenvalue weighted by molar-refractivity contribution is -0.137. The number of rotatable bonds is 6. The minimum Gasteiger partial charge on any atom is -0.348 e. The van der Waals surface area contributed by atoms with Gasteiger partial charge in [0, 0.05) is 33.4 Å². The predicted molar refractivity (Wildman–Crippen MR) is 127 cm³/mol. The SMILES string of the molecule is O=C(NC1CC1)c1cc(Sc2ccc(NC(=S)Nc3cccc(C(F)(F)F)c3)cc2)ccn1. The topological polar surface area (TPSA) is 66.1 Å². The van der Waals surface area contributed by atoms with Gasteiger partial charge in [-0.3, -0.25) is 9.78 Å². The molecule has 1 aliphatic carbocycles. The van der Waals surface area contributed by atoms with Gasteiger partial charge in [0.15, 0.2) is 5.11 Å². The molecule has 170 valence electrons. The number of carbonyl (C=O) groups excluding carboxylic acids is 1. The Morgan fingerprint density at radius 2 is 1.70 bits per heavy atom. The van der Waals surface area contributed by atoms with E-state index in [0.29, 0.717) is 11.4 Å². The summed E-state index contributed by atoms with van der Waals surface area (Å²) < 4.78 is 38.6. The first-order valence-electron chi connectivity index (χ1n) is 10.1. The number of anilines is 2. The van der Waals surface area contributed by atoms with Crippen LogP contribution in [0.2, 0.25) is 0 Å². The Morgan fingerprint density at radius 3 is 2.39 bits per heavy atom. The van der Waals surface area contributed by atoms with Crippen LogP contribution < -0.4 is 16.0 Å². The highest BCUT2D eigenvalue weighted by molar-refractivity contribution is 7.99. The van der Waals surface area contributed by atoms with Gasteiger partial charge in [-0.15, -0.1) is 0 Å². The normalized spacial score (nSPS) is 13.3. The fraction of sp³-hybridized carbons (Fsp3) is 0.174. The Labute approximate surface area is 198 Å². The fourth-order valence-corrected chi connectivity index (χ4v) is 3.97. The summed E-state index contributed by atoms with van der Waals surface area (Å²) in [6.45, 7) is 0. The highest BCUT2D eigenvalue weighted by atomic mass is 32.2. The van der Waals surface area contributed by atoms with Crippen LogP contribution in [0.1, 0.15) is 28.9 Å². The molecule has 3 aromatic rings. The molecule has 33 heavy (non-hydrogen) atoms.